The molecule has 3 aliphatic heterocycles. The van der Waals surface area contributed by atoms with Crippen molar-refractivity contribution in [1.82, 2.24) is 10.2 Å². The summed E-state index contributed by atoms with van der Waals surface area (Å²) >= 11 is 0. The van der Waals surface area contributed by atoms with Gasteiger partial charge in [0.2, 0.25) is 0 Å². The third kappa shape index (κ3) is 6.58. The summed E-state index contributed by atoms with van der Waals surface area (Å²) in [6.07, 6.45) is 5.00. The van der Waals surface area contributed by atoms with Crippen LogP contribution in [0.5, 0.6) is 5.75 Å². The van der Waals surface area contributed by atoms with Gasteiger partial charge in [0.25, 0.3) is 0 Å². The predicted molar refractivity (Wildman–Crippen MR) is 166 cm³/mol. The molecule has 2 saturated heterocycles. The summed E-state index contributed by atoms with van der Waals surface area (Å²) in [5.41, 5.74) is 2.10. The van der Waals surface area contributed by atoms with Crippen LogP contribution >= 0.6 is 0 Å². The number of nitrogens with zero attached hydrogens (tertiary/aromatic N) is 2. The summed E-state index contributed by atoms with van der Waals surface area (Å²) in [5.74, 6) is -0.437. The Kier molecular flexibility index (Phi) is 8.49. The van der Waals surface area contributed by atoms with Gasteiger partial charge in [-0.3, -0.25) is 4.90 Å². The molecule has 3 heterocycles. The second kappa shape index (κ2) is 12.2. The van der Waals surface area contributed by atoms with E-state index in [1.165, 1.54) is 26.0 Å². The molecule has 0 amide bonds. The molecule has 3 aromatic carbocycles. The van der Waals surface area contributed by atoms with Gasteiger partial charge in [-0.15, -0.1) is 0 Å². The minimum atomic E-state index is -1.54. The number of nitrogens with one attached hydrogen (secondary N) is 1. The number of fused-ring (bicyclic) bond motifs is 1. The zero-order valence-electron chi connectivity index (χ0n) is 25.6. The van der Waals surface area contributed by atoms with Crippen molar-refractivity contribution in [2.75, 3.05) is 37.6 Å². The number of benzene rings is 3. The maximum Gasteiger partial charge on any atom is 0.133 e. The van der Waals surface area contributed by atoms with Gasteiger partial charge in [0, 0.05) is 36.9 Å². The topological polar surface area (TPSA) is 27.7 Å². The highest BCUT2D eigenvalue weighted by Crippen LogP contribution is 2.44. The van der Waals surface area contributed by atoms with E-state index < -0.39 is 23.3 Å². The zero-order valence-corrected chi connectivity index (χ0v) is 25.6. The van der Waals surface area contributed by atoms with Crippen LogP contribution in [0, 0.1) is 17.0 Å². The Hall–Kier alpha value is -3.03. The number of hydrogen-bond acceptors (Lipinski definition) is 4. The predicted octanol–water partition coefficient (Wildman–Crippen LogP) is 7.60. The maximum absolute atomic E-state index is 16.3. The quantitative estimate of drug-likeness (QED) is 0.306. The van der Waals surface area contributed by atoms with Crippen LogP contribution in [0.15, 0.2) is 60.7 Å². The highest BCUT2D eigenvalue weighted by molar-refractivity contribution is 5.53. The first-order chi connectivity index (χ1) is 20.6. The normalized spacial score (nSPS) is 22.4. The van der Waals surface area contributed by atoms with Crippen molar-refractivity contribution >= 4 is 5.69 Å². The molecule has 3 aromatic rings. The van der Waals surface area contributed by atoms with Crippen LogP contribution in [0.2, 0.25) is 0 Å². The summed E-state index contributed by atoms with van der Waals surface area (Å²) in [6.45, 7) is 9.16. The van der Waals surface area contributed by atoms with Crippen molar-refractivity contribution < 1.29 is 17.9 Å². The fourth-order valence-corrected chi connectivity index (χ4v) is 7.54. The van der Waals surface area contributed by atoms with Crippen LogP contribution in [-0.4, -0.2) is 49.3 Å². The molecule has 4 nitrogen and oxygen atoms in total. The lowest BCUT2D eigenvalue weighted by Gasteiger charge is -2.46. The molecule has 6 rings (SSSR count). The minimum Gasteiger partial charge on any atom is -0.489 e. The van der Waals surface area contributed by atoms with Crippen LogP contribution < -0.4 is 15.0 Å². The lowest BCUT2D eigenvalue weighted by atomic mass is 9.73. The zero-order chi connectivity index (χ0) is 30.2. The molecule has 3 aliphatic rings. The van der Waals surface area contributed by atoms with E-state index in [9.17, 15) is 0 Å². The lowest BCUT2D eigenvalue weighted by molar-refractivity contribution is 0.0652. The van der Waals surface area contributed by atoms with Gasteiger partial charge in [0.05, 0.1) is 6.04 Å². The van der Waals surface area contributed by atoms with Crippen LogP contribution in [0.1, 0.15) is 74.8 Å². The molecule has 7 heteroatoms. The van der Waals surface area contributed by atoms with Gasteiger partial charge in [0.15, 0.2) is 0 Å². The molecule has 0 saturated carbocycles. The summed E-state index contributed by atoms with van der Waals surface area (Å²) in [6, 6.07) is 17.8. The monoisotopic (exact) mass is 591 g/mol. The average Bonchev–Trinajstić information content (AvgIpc) is 2.97. The highest BCUT2D eigenvalue weighted by atomic mass is 19.1. The number of halogens is 3. The van der Waals surface area contributed by atoms with E-state index in [-0.39, 0.29) is 23.6 Å². The summed E-state index contributed by atoms with van der Waals surface area (Å²) in [7, 11) is 0. The smallest absolute Gasteiger partial charge is 0.133 e. The Bertz CT molecular complexity index is 1390. The number of alkyl halides is 1. The van der Waals surface area contributed by atoms with E-state index in [0.717, 1.165) is 68.6 Å². The molecule has 1 spiro atoms. The summed E-state index contributed by atoms with van der Waals surface area (Å²) < 4.78 is 53.8. The molecule has 230 valence electrons. The van der Waals surface area contributed by atoms with E-state index in [4.69, 9.17) is 4.74 Å². The Labute approximate surface area is 254 Å². The largest absolute Gasteiger partial charge is 0.489 e. The van der Waals surface area contributed by atoms with E-state index in [1.54, 1.807) is 0 Å². The fraction of sp³-hybridized carbons (Fsp3) is 0.500. The molecular weight excluding hydrogens is 547 g/mol. The SMILES string of the molecule is C[C@@H]1Cc2cc(OCc3ccccc3)ccc2C(c2c(F)cc(N3CCCC4(CCNCC4)C3)cc2F)N1CC(C)(C)F. The first-order valence-electron chi connectivity index (χ1n) is 15.8. The van der Waals surface area contributed by atoms with Crippen molar-refractivity contribution in [3.05, 3.63) is 94.6 Å². The van der Waals surface area contributed by atoms with Gasteiger partial charge >= 0.3 is 0 Å². The molecule has 0 aliphatic carbocycles. The van der Waals surface area contributed by atoms with Gasteiger partial charge in [-0.2, -0.15) is 0 Å². The molecule has 43 heavy (non-hydrogen) atoms. The molecule has 2 fully saturated rings. The van der Waals surface area contributed by atoms with E-state index in [2.05, 4.69) is 10.2 Å². The highest BCUT2D eigenvalue weighted by Gasteiger charge is 2.41. The Morgan fingerprint density at radius 2 is 1.70 bits per heavy atom. The molecule has 0 radical (unpaired) electrons. The second-order valence-electron chi connectivity index (χ2n) is 13.6. The fourth-order valence-electron chi connectivity index (χ4n) is 7.54. The Morgan fingerprint density at radius 3 is 2.40 bits per heavy atom. The van der Waals surface area contributed by atoms with Crippen LogP contribution in [-0.2, 0) is 13.0 Å². The number of rotatable bonds is 7. The van der Waals surface area contributed by atoms with Crippen molar-refractivity contribution in [2.45, 2.75) is 77.2 Å². The Morgan fingerprint density at radius 1 is 0.977 bits per heavy atom. The van der Waals surface area contributed by atoms with Crippen LogP contribution in [0.25, 0.3) is 0 Å². The van der Waals surface area contributed by atoms with Crippen molar-refractivity contribution in [3.8, 4) is 5.75 Å². The van der Waals surface area contributed by atoms with E-state index in [1.807, 2.05) is 60.4 Å². The van der Waals surface area contributed by atoms with Gasteiger partial charge in [-0.05, 0) is 112 Å². The molecule has 1 unspecified atom stereocenters. The van der Waals surface area contributed by atoms with Gasteiger partial charge in [-0.1, -0.05) is 36.4 Å². The average molecular weight is 592 g/mol. The number of piperidine rings is 2. The van der Waals surface area contributed by atoms with Crippen molar-refractivity contribution in [1.29, 1.82) is 0 Å². The minimum absolute atomic E-state index is 0.00709. The molecule has 1 N–H and O–H groups in total. The van der Waals surface area contributed by atoms with Crippen molar-refractivity contribution in [2.24, 2.45) is 5.41 Å². The Balaban J connectivity index is 1.33. The summed E-state index contributed by atoms with van der Waals surface area (Å²) in [5, 5.41) is 3.44. The summed E-state index contributed by atoms with van der Waals surface area (Å²) in [4.78, 5) is 4.10. The van der Waals surface area contributed by atoms with Gasteiger partial charge in [-0.25, -0.2) is 13.2 Å². The van der Waals surface area contributed by atoms with Crippen LogP contribution in [0.3, 0.4) is 0 Å². The first kappa shape index (κ1) is 30.0. The first-order valence-corrected chi connectivity index (χ1v) is 15.8. The standard InChI is InChI=1S/C36H44F3N3O/c1-25-18-27-19-29(43-22-26-8-5-4-6-9-26)10-11-30(27)34(42(25)23-35(2,3)39)33-31(37)20-28(21-32(33)38)41-17-7-12-36(24-41)13-15-40-16-14-36/h4-6,8-11,19-21,25,34,40H,7,12-18,22-24H2,1-3H3/t25-,34?/m1/s1. The van der Waals surface area contributed by atoms with E-state index >= 15 is 13.2 Å². The van der Waals surface area contributed by atoms with Gasteiger partial charge in [0.1, 0.15) is 29.7 Å². The number of hydrogen-bond donors (Lipinski definition) is 1. The van der Waals surface area contributed by atoms with Gasteiger partial charge < -0.3 is 15.0 Å². The molecular formula is C36H44F3N3O. The second-order valence-corrected chi connectivity index (χ2v) is 13.6. The third-order valence-corrected chi connectivity index (χ3v) is 9.66. The van der Waals surface area contributed by atoms with E-state index in [0.29, 0.717) is 24.5 Å². The molecule has 2 atom stereocenters. The molecule has 0 aromatic heterocycles. The lowest BCUT2D eigenvalue weighted by Crippen LogP contribution is -2.49. The molecule has 0 bridgehead atoms. The third-order valence-electron chi connectivity index (χ3n) is 9.66. The number of anilines is 1. The van der Waals surface area contributed by atoms with Crippen molar-refractivity contribution in [3.63, 3.8) is 0 Å². The van der Waals surface area contributed by atoms with Crippen LogP contribution in [0.4, 0.5) is 18.9 Å². The maximum atomic E-state index is 16.3. The number of ether oxygens (including phenoxy) is 1.